The van der Waals surface area contributed by atoms with Gasteiger partial charge in [-0.1, -0.05) is 12.1 Å². The highest BCUT2D eigenvalue weighted by molar-refractivity contribution is 7.92. The number of carbonyl (C=O) groups excluding carboxylic acids is 1. The van der Waals surface area contributed by atoms with Crippen molar-refractivity contribution in [1.82, 2.24) is 4.90 Å². The molecule has 3 rings (SSSR count). The van der Waals surface area contributed by atoms with E-state index in [9.17, 15) is 26.4 Å². The Kier molecular flexibility index (Phi) is 5.38. The van der Waals surface area contributed by atoms with Gasteiger partial charge in [-0.15, -0.1) is 0 Å². The van der Waals surface area contributed by atoms with Crippen molar-refractivity contribution in [2.45, 2.75) is 4.90 Å². The number of sulfonamides is 1. The minimum atomic E-state index is -4.60. The first-order chi connectivity index (χ1) is 12.8. The van der Waals surface area contributed by atoms with Crippen LogP contribution in [0.3, 0.4) is 0 Å². The Hall–Kier alpha value is -2.59. The van der Waals surface area contributed by atoms with Crippen LogP contribution in [-0.2, 0) is 14.8 Å². The Labute approximate surface area is 153 Å². The van der Waals surface area contributed by atoms with Gasteiger partial charge in [-0.05, 0) is 24.3 Å². The zero-order valence-corrected chi connectivity index (χ0v) is 14.7. The van der Waals surface area contributed by atoms with Crippen molar-refractivity contribution in [2.24, 2.45) is 0 Å². The number of hydrogen-bond donors (Lipinski definition) is 1. The van der Waals surface area contributed by atoms with Gasteiger partial charge in [-0.2, -0.15) is 0 Å². The number of anilines is 1. The van der Waals surface area contributed by atoms with Gasteiger partial charge >= 0.3 is 0 Å². The number of para-hydroxylation sites is 1. The van der Waals surface area contributed by atoms with Crippen molar-refractivity contribution in [3.63, 3.8) is 0 Å². The zero-order valence-electron chi connectivity index (χ0n) is 13.9. The van der Waals surface area contributed by atoms with E-state index in [4.69, 9.17) is 4.74 Å². The van der Waals surface area contributed by atoms with Crippen LogP contribution in [0.5, 0.6) is 0 Å². The van der Waals surface area contributed by atoms with Crippen LogP contribution in [0.25, 0.3) is 0 Å². The molecule has 0 aliphatic carbocycles. The molecule has 0 unspecified atom stereocenters. The summed E-state index contributed by atoms with van der Waals surface area (Å²) in [5.74, 6) is -5.66. The fourth-order valence-electron chi connectivity index (χ4n) is 2.61. The lowest BCUT2D eigenvalue weighted by molar-refractivity contribution is 0.0303. The maximum absolute atomic E-state index is 13.9. The first kappa shape index (κ1) is 19.2. The van der Waals surface area contributed by atoms with Gasteiger partial charge < -0.3 is 9.64 Å². The number of ether oxygens (including phenoxy) is 1. The van der Waals surface area contributed by atoms with Gasteiger partial charge in [0.15, 0.2) is 17.5 Å². The fraction of sp³-hybridized carbons (Fsp3) is 0.235. The second-order valence-electron chi connectivity index (χ2n) is 5.73. The first-order valence-corrected chi connectivity index (χ1v) is 9.42. The van der Waals surface area contributed by atoms with Crippen molar-refractivity contribution < 1.29 is 31.1 Å². The van der Waals surface area contributed by atoms with Crippen LogP contribution in [0.15, 0.2) is 41.3 Å². The molecule has 0 atom stereocenters. The van der Waals surface area contributed by atoms with E-state index in [2.05, 4.69) is 4.72 Å². The summed E-state index contributed by atoms with van der Waals surface area (Å²) >= 11 is 0. The second kappa shape index (κ2) is 7.57. The highest BCUT2D eigenvalue weighted by Gasteiger charge is 2.27. The van der Waals surface area contributed by atoms with Crippen LogP contribution in [0, 0.1) is 17.5 Å². The summed E-state index contributed by atoms with van der Waals surface area (Å²) in [7, 11) is -4.60. The van der Waals surface area contributed by atoms with Gasteiger partial charge in [0.25, 0.3) is 15.9 Å². The number of benzene rings is 2. The van der Waals surface area contributed by atoms with Gasteiger partial charge in [0, 0.05) is 13.1 Å². The summed E-state index contributed by atoms with van der Waals surface area (Å²) in [5.41, 5.74) is -0.0518. The van der Waals surface area contributed by atoms with Crippen LogP contribution < -0.4 is 4.72 Å². The average molecular weight is 400 g/mol. The predicted octanol–water partition coefficient (Wildman–Crippen LogP) is 2.38. The lowest BCUT2D eigenvalue weighted by atomic mass is 10.1. The molecule has 1 aliphatic heterocycles. The molecule has 0 spiro atoms. The molecule has 2 aromatic carbocycles. The molecule has 1 amide bonds. The van der Waals surface area contributed by atoms with E-state index in [1.54, 1.807) is 6.07 Å². The smallest absolute Gasteiger partial charge is 0.264 e. The second-order valence-corrected chi connectivity index (χ2v) is 7.38. The molecule has 0 bridgehead atoms. The number of amides is 1. The largest absolute Gasteiger partial charge is 0.378 e. The summed E-state index contributed by atoms with van der Waals surface area (Å²) in [5, 5.41) is 0. The number of carbonyl (C=O) groups is 1. The number of rotatable bonds is 4. The van der Waals surface area contributed by atoms with Gasteiger partial charge in [0.2, 0.25) is 0 Å². The fourth-order valence-corrected chi connectivity index (χ4v) is 3.76. The monoisotopic (exact) mass is 400 g/mol. The van der Waals surface area contributed by atoms with Crippen molar-refractivity contribution in [2.75, 3.05) is 31.0 Å². The van der Waals surface area contributed by atoms with E-state index in [1.165, 1.54) is 23.1 Å². The number of morpholine rings is 1. The van der Waals surface area contributed by atoms with Crippen LogP contribution >= 0.6 is 0 Å². The van der Waals surface area contributed by atoms with Crippen LogP contribution in [0.1, 0.15) is 10.4 Å². The lowest BCUT2D eigenvalue weighted by Gasteiger charge is -2.27. The van der Waals surface area contributed by atoms with E-state index in [0.29, 0.717) is 38.4 Å². The molecule has 1 saturated heterocycles. The van der Waals surface area contributed by atoms with Crippen LogP contribution in [0.2, 0.25) is 0 Å². The Morgan fingerprint density at radius 3 is 2.37 bits per heavy atom. The summed E-state index contributed by atoms with van der Waals surface area (Å²) in [6.07, 6.45) is 0. The molecule has 1 N–H and O–H groups in total. The van der Waals surface area contributed by atoms with Crippen molar-refractivity contribution in [1.29, 1.82) is 0 Å². The van der Waals surface area contributed by atoms with E-state index >= 15 is 0 Å². The first-order valence-electron chi connectivity index (χ1n) is 7.93. The summed E-state index contributed by atoms with van der Waals surface area (Å²) in [4.78, 5) is 13.1. The third-order valence-electron chi connectivity index (χ3n) is 3.99. The van der Waals surface area contributed by atoms with Gasteiger partial charge in [0.05, 0.1) is 24.5 Å². The maximum atomic E-state index is 13.9. The Bertz CT molecular complexity index is 976. The minimum absolute atomic E-state index is 0.0472. The van der Waals surface area contributed by atoms with Gasteiger partial charge in [0.1, 0.15) is 4.90 Å². The number of nitrogens with one attached hydrogen (secondary N) is 1. The molecule has 0 radical (unpaired) electrons. The van der Waals surface area contributed by atoms with E-state index < -0.39 is 38.3 Å². The highest BCUT2D eigenvalue weighted by atomic mass is 32.2. The quantitative estimate of drug-likeness (QED) is 0.800. The summed E-state index contributed by atoms with van der Waals surface area (Å²) in [6.45, 7) is 1.41. The standard InChI is InChI=1S/C17H15F3N2O4S/c18-12-5-6-14(16(20)15(12)19)27(24,25)21-13-4-2-1-3-11(13)17(23)22-7-9-26-10-8-22/h1-6,21H,7-10H2. The molecule has 0 aromatic heterocycles. The molecule has 6 nitrogen and oxygen atoms in total. The van der Waals surface area contributed by atoms with E-state index in [1.807, 2.05) is 0 Å². The molecular weight excluding hydrogens is 385 g/mol. The van der Waals surface area contributed by atoms with Crippen molar-refractivity contribution in [3.8, 4) is 0 Å². The molecule has 27 heavy (non-hydrogen) atoms. The maximum Gasteiger partial charge on any atom is 0.264 e. The molecule has 10 heteroatoms. The van der Waals surface area contributed by atoms with Crippen molar-refractivity contribution in [3.05, 3.63) is 59.4 Å². The Balaban J connectivity index is 1.94. The summed E-state index contributed by atoms with van der Waals surface area (Å²) in [6, 6.07) is 6.89. The third-order valence-corrected chi connectivity index (χ3v) is 5.37. The molecule has 1 aliphatic rings. The minimum Gasteiger partial charge on any atom is -0.378 e. The zero-order chi connectivity index (χ0) is 19.6. The number of halogens is 3. The van der Waals surface area contributed by atoms with Crippen LogP contribution in [0.4, 0.5) is 18.9 Å². The number of nitrogens with zero attached hydrogens (tertiary/aromatic N) is 1. The predicted molar refractivity (Wildman–Crippen MR) is 90.3 cm³/mol. The lowest BCUT2D eigenvalue weighted by Crippen LogP contribution is -2.41. The highest BCUT2D eigenvalue weighted by Crippen LogP contribution is 2.25. The molecule has 0 saturated carbocycles. The van der Waals surface area contributed by atoms with E-state index in [-0.39, 0.29) is 11.3 Å². The normalized spacial score (nSPS) is 14.9. The molecule has 1 heterocycles. The van der Waals surface area contributed by atoms with Crippen molar-refractivity contribution >= 4 is 21.6 Å². The Morgan fingerprint density at radius 1 is 1.00 bits per heavy atom. The molecule has 1 fully saturated rings. The number of hydrogen-bond acceptors (Lipinski definition) is 4. The summed E-state index contributed by atoms with van der Waals surface area (Å²) < 4.78 is 72.5. The van der Waals surface area contributed by atoms with Crippen LogP contribution in [-0.4, -0.2) is 45.5 Å². The molecule has 144 valence electrons. The Morgan fingerprint density at radius 2 is 1.67 bits per heavy atom. The van der Waals surface area contributed by atoms with E-state index in [0.717, 1.165) is 0 Å². The topological polar surface area (TPSA) is 75.7 Å². The van der Waals surface area contributed by atoms with Gasteiger partial charge in [-0.25, -0.2) is 21.6 Å². The molecular formula is C17H15F3N2O4S. The van der Waals surface area contributed by atoms with Gasteiger partial charge in [-0.3, -0.25) is 9.52 Å². The molecule has 2 aromatic rings. The SMILES string of the molecule is O=C(c1ccccc1NS(=O)(=O)c1ccc(F)c(F)c1F)N1CCOCC1. The third kappa shape index (κ3) is 3.91. The average Bonchev–Trinajstić information content (AvgIpc) is 2.66.